The number of aromatic nitrogens is 3. The van der Waals surface area contributed by atoms with Gasteiger partial charge in [-0.3, -0.25) is 0 Å². The molecule has 3 aromatic carbocycles. The van der Waals surface area contributed by atoms with Crippen LogP contribution in [0, 0.1) is 11.3 Å². The van der Waals surface area contributed by atoms with E-state index in [-0.39, 0.29) is 12.3 Å². The van der Waals surface area contributed by atoms with Crippen molar-refractivity contribution in [3.8, 4) is 22.9 Å². The summed E-state index contributed by atoms with van der Waals surface area (Å²) in [5.74, 6) is -0.184. The second-order valence-corrected chi connectivity index (χ2v) is 7.39. The lowest BCUT2D eigenvalue weighted by Gasteiger charge is -2.16. The van der Waals surface area contributed by atoms with E-state index in [9.17, 15) is 4.79 Å². The normalized spacial score (nSPS) is 10.8. The van der Waals surface area contributed by atoms with E-state index in [2.05, 4.69) is 16.2 Å². The van der Waals surface area contributed by atoms with Gasteiger partial charge in [-0.05, 0) is 41.0 Å². The van der Waals surface area contributed by atoms with Crippen molar-refractivity contribution >= 4 is 22.4 Å². The highest BCUT2D eigenvalue weighted by Crippen LogP contribution is 2.36. The van der Waals surface area contributed by atoms with E-state index in [1.165, 1.54) is 18.0 Å². The fourth-order valence-electron chi connectivity index (χ4n) is 3.81. The second kappa shape index (κ2) is 8.44. The molecule has 0 saturated heterocycles. The SMILES string of the molecule is COC(=O)c1c(OCc2ccccc2)c2ccc(-c3ccc(C#N)cc3)cc2c2ncnn12. The molecule has 2 heterocycles. The van der Waals surface area contributed by atoms with Gasteiger partial charge in [0.05, 0.1) is 18.7 Å². The lowest BCUT2D eigenvalue weighted by Crippen LogP contribution is -2.13. The van der Waals surface area contributed by atoms with Crippen molar-refractivity contribution in [3.63, 3.8) is 0 Å². The number of benzene rings is 3. The highest BCUT2D eigenvalue weighted by molar-refractivity contribution is 6.06. The molecule has 0 amide bonds. The minimum Gasteiger partial charge on any atom is -0.486 e. The van der Waals surface area contributed by atoms with E-state index in [0.29, 0.717) is 17.0 Å². The molecule has 0 bridgehead atoms. The molecular formula is C26H18N4O3. The lowest BCUT2D eigenvalue weighted by molar-refractivity contribution is 0.0585. The van der Waals surface area contributed by atoms with Crippen LogP contribution in [-0.4, -0.2) is 27.7 Å². The molecule has 0 unspecified atom stereocenters. The van der Waals surface area contributed by atoms with Crippen LogP contribution in [-0.2, 0) is 11.3 Å². The minimum absolute atomic E-state index is 0.180. The molecule has 0 aliphatic heterocycles. The number of nitriles is 1. The van der Waals surface area contributed by atoms with Crippen LogP contribution in [0.1, 0.15) is 21.6 Å². The summed E-state index contributed by atoms with van der Waals surface area (Å²) in [6, 6.07) is 25.0. The van der Waals surface area contributed by atoms with Gasteiger partial charge in [0.1, 0.15) is 12.9 Å². The van der Waals surface area contributed by atoms with E-state index in [0.717, 1.165) is 27.5 Å². The third-order valence-corrected chi connectivity index (χ3v) is 5.43. The number of pyridine rings is 1. The Labute approximate surface area is 189 Å². The number of hydrogen-bond donors (Lipinski definition) is 0. The van der Waals surface area contributed by atoms with Crippen LogP contribution in [0.2, 0.25) is 0 Å². The molecule has 0 N–H and O–H groups in total. The van der Waals surface area contributed by atoms with Crippen LogP contribution in [0.5, 0.6) is 5.75 Å². The molecular weight excluding hydrogens is 416 g/mol. The van der Waals surface area contributed by atoms with Crippen LogP contribution in [0.4, 0.5) is 0 Å². The largest absolute Gasteiger partial charge is 0.486 e. The number of carbonyl (C=O) groups excluding carboxylic acids is 1. The minimum atomic E-state index is -0.563. The van der Waals surface area contributed by atoms with Crippen LogP contribution in [0.25, 0.3) is 27.5 Å². The molecule has 2 aromatic heterocycles. The zero-order chi connectivity index (χ0) is 22.8. The van der Waals surface area contributed by atoms with Gasteiger partial charge in [0, 0.05) is 10.8 Å². The van der Waals surface area contributed by atoms with Crippen LogP contribution in [0.3, 0.4) is 0 Å². The van der Waals surface area contributed by atoms with Crippen molar-refractivity contribution in [1.29, 1.82) is 5.26 Å². The van der Waals surface area contributed by atoms with Crippen molar-refractivity contribution in [2.24, 2.45) is 0 Å². The van der Waals surface area contributed by atoms with E-state index >= 15 is 0 Å². The first kappa shape index (κ1) is 20.2. The summed E-state index contributed by atoms with van der Waals surface area (Å²) in [6.45, 7) is 0.275. The van der Waals surface area contributed by atoms with Crippen molar-refractivity contribution in [2.45, 2.75) is 6.61 Å². The summed E-state index contributed by atoms with van der Waals surface area (Å²) < 4.78 is 12.7. The first-order chi connectivity index (χ1) is 16.2. The lowest BCUT2D eigenvalue weighted by atomic mass is 10.00. The van der Waals surface area contributed by atoms with Crippen LogP contribution < -0.4 is 4.74 Å². The van der Waals surface area contributed by atoms with Gasteiger partial charge in [0.15, 0.2) is 17.1 Å². The van der Waals surface area contributed by atoms with E-state index < -0.39 is 5.97 Å². The Hall–Kier alpha value is -4.70. The van der Waals surface area contributed by atoms with Crippen molar-refractivity contribution in [1.82, 2.24) is 14.6 Å². The van der Waals surface area contributed by atoms with Gasteiger partial charge < -0.3 is 9.47 Å². The zero-order valence-corrected chi connectivity index (χ0v) is 17.7. The summed E-state index contributed by atoms with van der Waals surface area (Å²) in [5, 5.41) is 14.8. The van der Waals surface area contributed by atoms with Crippen LogP contribution in [0.15, 0.2) is 79.1 Å². The van der Waals surface area contributed by atoms with Crippen molar-refractivity contribution in [2.75, 3.05) is 7.11 Å². The molecule has 0 radical (unpaired) electrons. The second-order valence-electron chi connectivity index (χ2n) is 7.39. The average Bonchev–Trinajstić information content (AvgIpc) is 3.37. The smallest absolute Gasteiger partial charge is 0.360 e. The molecule has 0 saturated carbocycles. The predicted octanol–water partition coefficient (Wildman–Crippen LogP) is 4.79. The Bertz CT molecular complexity index is 1520. The molecule has 160 valence electrons. The van der Waals surface area contributed by atoms with E-state index in [1.54, 1.807) is 12.1 Å². The molecule has 5 rings (SSSR count). The van der Waals surface area contributed by atoms with Gasteiger partial charge in [-0.2, -0.15) is 10.4 Å². The number of rotatable bonds is 5. The summed E-state index contributed by atoms with van der Waals surface area (Å²) in [4.78, 5) is 17.1. The summed E-state index contributed by atoms with van der Waals surface area (Å²) >= 11 is 0. The molecule has 5 aromatic rings. The first-order valence-corrected chi connectivity index (χ1v) is 10.2. The molecule has 0 spiro atoms. The van der Waals surface area contributed by atoms with Gasteiger partial charge in [-0.15, -0.1) is 0 Å². The van der Waals surface area contributed by atoms with Gasteiger partial charge in [0.25, 0.3) is 0 Å². The topological polar surface area (TPSA) is 89.5 Å². The Balaban J connectivity index is 1.71. The Morgan fingerprint density at radius 2 is 1.76 bits per heavy atom. The maximum atomic E-state index is 12.7. The van der Waals surface area contributed by atoms with Gasteiger partial charge in [-0.25, -0.2) is 14.3 Å². The number of hydrogen-bond acceptors (Lipinski definition) is 6. The van der Waals surface area contributed by atoms with E-state index in [4.69, 9.17) is 14.7 Å². The zero-order valence-electron chi connectivity index (χ0n) is 17.7. The van der Waals surface area contributed by atoms with Gasteiger partial charge in [-0.1, -0.05) is 48.5 Å². The van der Waals surface area contributed by atoms with Crippen LogP contribution >= 0.6 is 0 Å². The predicted molar refractivity (Wildman–Crippen MR) is 123 cm³/mol. The Kier molecular flexibility index (Phi) is 5.17. The Morgan fingerprint density at radius 1 is 1.00 bits per heavy atom. The van der Waals surface area contributed by atoms with E-state index in [1.807, 2.05) is 60.7 Å². The molecule has 0 aliphatic carbocycles. The monoisotopic (exact) mass is 434 g/mol. The number of esters is 1. The quantitative estimate of drug-likeness (QED) is 0.370. The molecule has 33 heavy (non-hydrogen) atoms. The number of ether oxygens (including phenoxy) is 2. The fourth-order valence-corrected chi connectivity index (χ4v) is 3.81. The maximum absolute atomic E-state index is 12.7. The number of fused-ring (bicyclic) bond motifs is 3. The number of nitrogens with zero attached hydrogens (tertiary/aromatic N) is 4. The van der Waals surface area contributed by atoms with Gasteiger partial charge in [0.2, 0.25) is 0 Å². The highest BCUT2D eigenvalue weighted by Gasteiger charge is 2.24. The molecule has 0 atom stereocenters. The summed E-state index contributed by atoms with van der Waals surface area (Å²) in [7, 11) is 1.32. The van der Waals surface area contributed by atoms with Crippen molar-refractivity contribution < 1.29 is 14.3 Å². The third kappa shape index (κ3) is 3.64. The maximum Gasteiger partial charge on any atom is 0.360 e. The number of methoxy groups -OCH3 is 1. The Morgan fingerprint density at radius 3 is 2.48 bits per heavy atom. The third-order valence-electron chi connectivity index (χ3n) is 5.43. The fraction of sp³-hybridized carbons (Fsp3) is 0.0769. The molecule has 0 fully saturated rings. The number of carbonyl (C=O) groups is 1. The molecule has 7 nitrogen and oxygen atoms in total. The summed E-state index contributed by atoms with van der Waals surface area (Å²) in [5.41, 5.74) is 4.16. The standard InChI is InChI=1S/C26H18N4O3/c1-32-26(31)23-24(33-15-18-5-3-2-4-6-18)21-12-11-20(19-9-7-17(14-27)8-10-19)13-22(21)25-28-16-29-30(23)25/h2-13,16H,15H2,1H3. The highest BCUT2D eigenvalue weighted by atomic mass is 16.5. The molecule has 0 aliphatic rings. The summed E-state index contributed by atoms with van der Waals surface area (Å²) in [6.07, 6.45) is 1.40. The average molecular weight is 434 g/mol. The van der Waals surface area contributed by atoms with Gasteiger partial charge >= 0.3 is 5.97 Å². The molecule has 7 heteroatoms. The van der Waals surface area contributed by atoms with Crippen molar-refractivity contribution in [3.05, 3.63) is 95.9 Å². The first-order valence-electron chi connectivity index (χ1n) is 10.2.